The Bertz CT molecular complexity index is 1780. The fourth-order valence-electron chi connectivity index (χ4n) is 4.32. The molecule has 0 bridgehead atoms. The zero-order valence-corrected chi connectivity index (χ0v) is 25.5. The number of aromatic nitrogens is 2. The second-order valence-electron chi connectivity index (χ2n) is 9.96. The second kappa shape index (κ2) is 14.4. The number of urea groups is 1. The van der Waals surface area contributed by atoms with Gasteiger partial charge in [-0.05, 0) is 60.5 Å². The van der Waals surface area contributed by atoms with E-state index in [0.29, 0.717) is 28.4 Å². The van der Waals surface area contributed by atoms with Crippen LogP contribution in [0.5, 0.6) is 5.75 Å². The molecular formula is C31H32N6O7S. The van der Waals surface area contributed by atoms with Gasteiger partial charge in [0.15, 0.2) is 0 Å². The number of nitrogens with zero attached hydrogens (tertiary/aromatic N) is 3. The first-order chi connectivity index (χ1) is 21.5. The highest BCUT2D eigenvalue weighted by molar-refractivity contribution is 7.89. The van der Waals surface area contributed by atoms with E-state index in [9.17, 15) is 27.9 Å². The Labute approximate surface area is 260 Å². The SMILES string of the molecule is COc1cc(CC(=O)N(C)c2ccc(C(CC(=O)O)NS(=O)(=O)c3cccnc3)nc2)ccc1NC(=O)Nc1ccccc1C. The number of nitrogens with one attached hydrogen (secondary N) is 3. The lowest BCUT2D eigenvalue weighted by molar-refractivity contribution is -0.137. The molecule has 4 N–H and O–H groups in total. The van der Waals surface area contributed by atoms with Crippen LogP contribution in [-0.2, 0) is 26.0 Å². The average molecular weight is 633 g/mol. The Balaban J connectivity index is 1.42. The summed E-state index contributed by atoms with van der Waals surface area (Å²) in [4.78, 5) is 46.5. The van der Waals surface area contributed by atoms with Crippen LogP contribution >= 0.6 is 0 Å². The zero-order valence-electron chi connectivity index (χ0n) is 24.7. The van der Waals surface area contributed by atoms with Crippen molar-refractivity contribution in [2.45, 2.75) is 30.7 Å². The second-order valence-corrected chi connectivity index (χ2v) is 11.7. The van der Waals surface area contributed by atoms with Crippen LogP contribution in [0.3, 0.4) is 0 Å². The van der Waals surface area contributed by atoms with Crippen molar-refractivity contribution in [1.29, 1.82) is 0 Å². The van der Waals surface area contributed by atoms with Crippen LogP contribution in [-0.4, -0.2) is 55.6 Å². The van der Waals surface area contributed by atoms with Crippen molar-refractivity contribution in [3.8, 4) is 5.75 Å². The Hall–Kier alpha value is -5.34. The Morgan fingerprint density at radius 1 is 0.978 bits per heavy atom. The minimum atomic E-state index is -4.08. The maximum atomic E-state index is 13.1. The maximum absolute atomic E-state index is 13.1. The molecule has 1 atom stereocenters. The Morgan fingerprint density at radius 2 is 1.73 bits per heavy atom. The summed E-state index contributed by atoms with van der Waals surface area (Å²) in [7, 11) is -1.06. The first kappa shape index (κ1) is 32.6. The largest absolute Gasteiger partial charge is 0.495 e. The third-order valence-electron chi connectivity index (χ3n) is 6.77. The Morgan fingerprint density at radius 3 is 2.38 bits per heavy atom. The lowest BCUT2D eigenvalue weighted by Gasteiger charge is -2.20. The number of amides is 3. The van der Waals surface area contributed by atoms with Crippen LogP contribution in [0.4, 0.5) is 21.9 Å². The predicted molar refractivity (Wildman–Crippen MR) is 168 cm³/mol. The van der Waals surface area contributed by atoms with Crippen LogP contribution in [0.1, 0.15) is 29.3 Å². The normalized spacial score (nSPS) is 11.7. The lowest BCUT2D eigenvalue weighted by Crippen LogP contribution is -2.31. The summed E-state index contributed by atoms with van der Waals surface area (Å²) >= 11 is 0. The highest BCUT2D eigenvalue weighted by atomic mass is 32.2. The summed E-state index contributed by atoms with van der Waals surface area (Å²) in [6.07, 6.45) is 3.38. The van der Waals surface area contributed by atoms with Crippen molar-refractivity contribution in [1.82, 2.24) is 14.7 Å². The molecule has 0 spiro atoms. The number of rotatable bonds is 12. The van der Waals surface area contributed by atoms with E-state index in [2.05, 4.69) is 25.3 Å². The molecule has 0 aliphatic heterocycles. The number of likely N-dealkylation sites (N-methyl/N-ethyl adjacent to an activating group) is 1. The molecule has 1 unspecified atom stereocenters. The van der Waals surface area contributed by atoms with Gasteiger partial charge < -0.3 is 25.4 Å². The molecule has 0 aliphatic rings. The smallest absolute Gasteiger partial charge is 0.323 e. The lowest BCUT2D eigenvalue weighted by atomic mass is 10.1. The number of carboxylic acid groups (broad SMARTS) is 1. The van der Waals surface area contributed by atoms with Gasteiger partial charge in [-0.15, -0.1) is 0 Å². The van der Waals surface area contributed by atoms with Crippen molar-refractivity contribution in [3.05, 3.63) is 102 Å². The molecule has 2 aromatic carbocycles. The van der Waals surface area contributed by atoms with Crippen LogP contribution in [0.25, 0.3) is 0 Å². The molecule has 0 saturated carbocycles. The zero-order chi connectivity index (χ0) is 32.6. The number of anilines is 3. The molecule has 234 valence electrons. The minimum Gasteiger partial charge on any atom is -0.495 e. The fraction of sp³-hybridized carbons (Fsp3) is 0.194. The highest BCUT2D eigenvalue weighted by Crippen LogP contribution is 2.27. The molecule has 45 heavy (non-hydrogen) atoms. The third kappa shape index (κ3) is 8.61. The first-order valence-corrected chi connectivity index (χ1v) is 15.1. The summed E-state index contributed by atoms with van der Waals surface area (Å²) in [5, 5.41) is 14.9. The number of para-hydroxylation sites is 1. The summed E-state index contributed by atoms with van der Waals surface area (Å²) in [5.41, 5.74) is 3.20. The van der Waals surface area contributed by atoms with Crippen LogP contribution in [0.15, 0.2) is 90.2 Å². The highest BCUT2D eigenvalue weighted by Gasteiger charge is 2.25. The summed E-state index contributed by atoms with van der Waals surface area (Å²) in [6.45, 7) is 1.88. The van der Waals surface area contributed by atoms with Crippen LogP contribution < -0.4 is 25.0 Å². The van der Waals surface area contributed by atoms with Crippen LogP contribution in [0.2, 0.25) is 0 Å². The molecular weight excluding hydrogens is 600 g/mol. The van der Waals surface area contributed by atoms with Gasteiger partial charge in [-0.25, -0.2) is 17.9 Å². The van der Waals surface area contributed by atoms with E-state index in [-0.39, 0.29) is 22.9 Å². The number of hydrogen-bond acceptors (Lipinski definition) is 8. The molecule has 0 fully saturated rings. The number of hydrogen-bond donors (Lipinski definition) is 4. The molecule has 0 aliphatic carbocycles. The molecule has 0 saturated heterocycles. The Kier molecular flexibility index (Phi) is 10.4. The molecule has 2 aromatic heterocycles. The standard InChI is InChI=1S/C31H32N6O7S/c1-20-7-4-5-9-24(20)34-31(41)35-26-12-10-21(15-28(26)44-3)16-29(38)37(2)22-11-13-25(33-18-22)27(17-30(39)40)36-45(42,43)23-8-6-14-32-19-23/h4-15,18-19,27,36H,16-17H2,1-3H3,(H,39,40)(H2,34,35,41). The molecule has 4 rings (SSSR count). The summed E-state index contributed by atoms with van der Waals surface area (Å²) in [5.74, 6) is -1.15. The molecule has 2 heterocycles. The number of carbonyl (C=O) groups is 3. The topological polar surface area (TPSA) is 180 Å². The number of sulfonamides is 1. The third-order valence-corrected chi connectivity index (χ3v) is 8.23. The van der Waals surface area contributed by atoms with E-state index in [1.807, 2.05) is 25.1 Å². The number of pyridine rings is 2. The van der Waals surface area contributed by atoms with E-state index in [4.69, 9.17) is 4.74 Å². The quantitative estimate of drug-likeness (QED) is 0.179. The van der Waals surface area contributed by atoms with Crippen molar-refractivity contribution in [3.63, 3.8) is 0 Å². The van der Waals surface area contributed by atoms with Crippen molar-refractivity contribution < 1.29 is 32.6 Å². The van der Waals surface area contributed by atoms with Gasteiger partial charge >= 0.3 is 12.0 Å². The van der Waals surface area contributed by atoms with E-state index >= 15 is 0 Å². The van der Waals surface area contributed by atoms with E-state index < -0.39 is 34.5 Å². The van der Waals surface area contributed by atoms with Gasteiger partial charge in [-0.2, -0.15) is 0 Å². The van der Waals surface area contributed by atoms with Crippen molar-refractivity contribution in [2.24, 2.45) is 0 Å². The molecule has 14 heteroatoms. The van der Waals surface area contributed by atoms with E-state index in [1.54, 1.807) is 37.4 Å². The van der Waals surface area contributed by atoms with Gasteiger partial charge in [0, 0.05) is 25.1 Å². The number of methoxy groups -OCH3 is 1. The van der Waals surface area contributed by atoms with Crippen molar-refractivity contribution in [2.75, 3.05) is 29.7 Å². The summed E-state index contributed by atoms with van der Waals surface area (Å²) < 4.78 is 33.4. The monoisotopic (exact) mass is 632 g/mol. The molecule has 0 radical (unpaired) electrons. The number of carboxylic acids is 1. The van der Waals surface area contributed by atoms with Crippen molar-refractivity contribution >= 4 is 45.0 Å². The van der Waals surface area contributed by atoms with Gasteiger partial charge in [0.05, 0.1) is 49.3 Å². The first-order valence-electron chi connectivity index (χ1n) is 13.6. The van der Waals surface area contributed by atoms with Gasteiger partial charge in [0.1, 0.15) is 10.6 Å². The number of aliphatic carboxylic acids is 1. The number of benzene rings is 2. The average Bonchev–Trinajstić information content (AvgIpc) is 3.02. The predicted octanol–water partition coefficient (Wildman–Crippen LogP) is 4.14. The summed E-state index contributed by atoms with van der Waals surface area (Å²) in [6, 6.07) is 16.6. The fourth-order valence-corrected chi connectivity index (χ4v) is 5.49. The minimum absolute atomic E-state index is 0.00313. The molecule has 4 aromatic rings. The molecule has 13 nitrogen and oxygen atoms in total. The molecule has 3 amide bonds. The van der Waals surface area contributed by atoms with E-state index in [0.717, 1.165) is 11.8 Å². The number of ether oxygens (including phenoxy) is 1. The van der Waals surface area contributed by atoms with Gasteiger partial charge in [0.25, 0.3) is 0 Å². The maximum Gasteiger partial charge on any atom is 0.323 e. The number of aryl methyl sites for hydroxylation is 1. The van der Waals surface area contributed by atoms with Crippen LogP contribution in [0, 0.1) is 6.92 Å². The van der Waals surface area contributed by atoms with E-state index in [1.165, 1.54) is 42.6 Å². The number of carbonyl (C=O) groups excluding carboxylic acids is 2. The van der Waals surface area contributed by atoms with Gasteiger partial charge in [-0.1, -0.05) is 24.3 Å². The van der Waals surface area contributed by atoms with Gasteiger partial charge in [0.2, 0.25) is 15.9 Å². The van der Waals surface area contributed by atoms with Gasteiger partial charge in [-0.3, -0.25) is 19.6 Å².